The van der Waals surface area contributed by atoms with Gasteiger partial charge in [-0.15, -0.1) is 0 Å². The van der Waals surface area contributed by atoms with Gasteiger partial charge in [-0.3, -0.25) is 9.59 Å². The maximum atomic E-state index is 12.2. The standard InChI is InChI=1S/C13H18N2O3/c1-9-5-12(16)11(6-14-9)13(17)15-4-3-10(7-15)8-18-2/h5-6,10H,3-4,7-8H2,1-2H3,(H,14,16). The molecule has 1 N–H and O–H groups in total. The number of ether oxygens (including phenoxy) is 1. The summed E-state index contributed by atoms with van der Waals surface area (Å²) in [7, 11) is 1.66. The molecule has 1 amide bonds. The predicted octanol–water partition coefficient (Wildman–Crippen LogP) is 0.792. The molecule has 1 aromatic heterocycles. The van der Waals surface area contributed by atoms with E-state index in [2.05, 4.69) is 4.98 Å². The first-order chi connectivity index (χ1) is 8.61. The smallest absolute Gasteiger partial charge is 0.259 e. The number of H-pyrrole nitrogens is 1. The van der Waals surface area contributed by atoms with Crippen LogP contribution in [0.4, 0.5) is 0 Å². The summed E-state index contributed by atoms with van der Waals surface area (Å²) in [5.41, 5.74) is 0.764. The van der Waals surface area contributed by atoms with Crippen LogP contribution in [0, 0.1) is 12.8 Å². The number of aromatic nitrogens is 1. The fourth-order valence-corrected chi connectivity index (χ4v) is 2.30. The van der Waals surface area contributed by atoms with Crippen LogP contribution in [0.15, 0.2) is 17.1 Å². The maximum Gasteiger partial charge on any atom is 0.259 e. The highest BCUT2D eigenvalue weighted by molar-refractivity contribution is 5.94. The summed E-state index contributed by atoms with van der Waals surface area (Å²) < 4.78 is 5.09. The van der Waals surface area contributed by atoms with Gasteiger partial charge in [-0.2, -0.15) is 0 Å². The molecule has 1 aliphatic heterocycles. The summed E-state index contributed by atoms with van der Waals surface area (Å²) in [6.07, 6.45) is 2.44. The summed E-state index contributed by atoms with van der Waals surface area (Å²) in [5.74, 6) is 0.193. The van der Waals surface area contributed by atoms with E-state index in [1.165, 1.54) is 12.3 Å². The summed E-state index contributed by atoms with van der Waals surface area (Å²) in [4.78, 5) is 28.6. The Hall–Kier alpha value is -1.62. The number of carbonyl (C=O) groups excluding carboxylic acids is 1. The van der Waals surface area contributed by atoms with Crippen molar-refractivity contribution in [3.05, 3.63) is 33.7 Å². The van der Waals surface area contributed by atoms with Crippen molar-refractivity contribution in [1.82, 2.24) is 9.88 Å². The minimum Gasteiger partial charge on any atom is -0.384 e. The first-order valence-corrected chi connectivity index (χ1v) is 6.09. The van der Waals surface area contributed by atoms with Crippen LogP contribution >= 0.6 is 0 Å². The Labute approximate surface area is 106 Å². The van der Waals surface area contributed by atoms with Gasteiger partial charge in [-0.1, -0.05) is 0 Å². The van der Waals surface area contributed by atoms with E-state index in [0.717, 1.165) is 12.1 Å². The summed E-state index contributed by atoms with van der Waals surface area (Å²) in [6, 6.07) is 1.45. The second-order valence-corrected chi connectivity index (χ2v) is 4.76. The maximum absolute atomic E-state index is 12.2. The van der Waals surface area contributed by atoms with E-state index < -0.39 is 0 Å². The van der Waals surface area contributed by atoms with Gasteiger partial charge in [0.15, 0.2) is 5.43 Å². The Balaban J connectivity index is 2.10. The van der Waals surface area contributed by atoms with Crippen LogP contribution < -0.4 is 5.43 Å². The molecule has 1 unspecified atom stereocenters. The molecule has 18 heavy (non-hydrogen) atoms. The third kappa shape index (κ3) is 2.61. The van der Waals surface area contributed by atoms with Crippen molar-refractivity contribution in [3.8, 4) is 0 Å². The molecule has 1 fully saturated rings. The number of methoxy groups -OCH3 is 1. The SMILES string of the molecule is COCC1CCN(C(=O)c2c[nH]c(C)cc2=O)C1. The Morgan fingerprint density at radius 3 is 3.06 bits per heavy atom. The number of likely N-dealkylation sites (tertiary alicyclic amines) is 1. The van der Waals surface area contributed by atoms with Crippen molar-refractivity contribution in [2.75, 3.05) is 26.8 Å². The molecule has 0 aliphatic carbocycles. The Kier molecular flexibility index (Phi) is 3.81. The number of amides is 1. The molecule has 1 aromatic rings. The van der Waals surface area contributed by atoms with Gasteiger partial charge in [0.2, 0.25) is 0 Å². The minimum absolute atomic E-state index is 0.185. The molecule has 5 nitrogen and oxygen atoms in total. The third-order valence-electron chi connectivity index (χ3n) is 3.26. The molecular weight excluding hydrogens is 232 g/mol. The average Bonchev–Trinajstić information content (AvgIpc) is 2.77. The van der Waals surface area contributed by atoms with Gasteiger partial charge in [0.1, 0.15) is 5.56 Å². The molecule has 98 valence electrons. The molecule has 0 saturated carbocycles. The zero-order valence-electron chi connectivity index (χ0n) is 10.7. The summed E-state index contributed by atoms with van der Waals surface area (Å²) >= 11 is 0. The molecule has 2 heterocycles. The minimum atomic E-state index is -0.216. The number of hydrogen-bond donors (Lipinski definition) is 1. The van der Waals surface area contributed by atoms with Crippen LogP contribution in [0.25, 0.3) is 0 Å². The van der Waals surface area contributed by atoms with Crippen molar-refractivity contribution < 1.29 is 9.53 Å². The van der Waals surface area contributed by atoms with E-state index in [0.29, 0.717) is 25.6 Å². The fraction of sp³-hybridized carbons (Fsp3) is 0.538. The molecule has 2 rings (SSSR count). The molecule has 0 radical (unpaired) electrons. The number of pyridine rings is 1. The lowest BCUT2D eigenvalue weighted by molar-refractivity contribution is 0.0774. The molecule has 0 aromatic carbocycles. The molecule has 0 bridgehead atoms. The van der Waals surface area contributed by atoms with Gasteiger partial charge >= 0.3 is 0 Å². The summed E-state index contributed by atoms with van der Waals surface area (Å²) in [5, 5.41) is 0. The molecule has 1 aliphatic rings. The van der Waals surface area contributed by atoms with Crippen molar-refractivity contribution in [3.63, 3.8) is 0 Å². The normalized spacial score (nSPS) is 19.2. The van der Waals surface area contributed by atoms with E-state index in [-0.39, 0.29) is 16.9 Å². The van der Waals surface area contributed by atoms with Crippen LogP contribution in [0.5, 0.6) is 0 Å². The topological polar surface area (TPSA) is 62.4 Å². The van der Waals surface area contributed by atoms with Gasteiger partial charge in [-0.05, 0) is 13.3 Å². The molecule has 5 heteroatoms. The Morgan fingerprint density at radius 2 is 2.39 bits per heavy atom. The number of nitrogens with zero attached hydrogens (tertiary/aromatic N) is 1. The van der Waals surface area contributed by atoms with Crippen LogP contribution in [0.3, 0.4) is 0 Å². The van der Waals surface area contributed by atoms with Gasteiger partial charge in [-0.25, -0.2) is 0 Å². The number of carbonyl (C=O) groups is 1. The van der Waals surface area contributed by atoms with E-state index in [1.807, 2.05) is 0 Å². The predicted molar refractivity (Wildman–Crippen MR) is 67.7 cm³/mol. The molecular formula is C13H18N2O3. The highest BCUT2D eigenvalue weighted by atomic mass is 16.5. The first-order valence-electron chi connectivity index (χ1n) is 6.09. The van der Waals surface area contributed by atoms with Crippen molar-refractivity contribution in [2.45, 2.75) is 13.3 Å². The van der Waals surface area contributed by atoms with Gasteiger partial charge in [0, 0.05) is 44.1 Å². The lowest BCUT2D eigenvalue weighted by Gasteiger charge is -2.16. The van der Waals surface area contributed by atoms with Crippen LogP contribution in [-0.2, 0) is 4.74 Å². The van der Waals surface area contributed by atoms with E-state index >= 15 is 0 Å². The van der Waals surface area contributed by atoms with Gasteiger partial charge < -0.3 is 14.6 Å². The highest BCUT2D eigenvalue weighted by Gasteiger charge is 2.27. The zero-order chi connectivity index (χ0) is 13.1. The monoisotopic (exact) mass is 250 g/mol. The van der Waals surface area contributed by atoms with Crippen LogP contribution in [0.1, 0.15) is 22.5 Å². The van der Waals surface area contributed by atoms with E-state index in [4.69, 9.17) is 4.74 Å². The van der Waals surface area contributed by atoms with Crippen LogP contribution in [0.2, 0.25) is 0 Å². The molecule has 1 atom stereocenters. The fourth-order valence-electron chi connectivity index (χ4n) is 2.30. The average molecular weight is 250 g/mol. The van der Waals surface area contributed by atoms with E-state index in [1.54, 1.807) is 18.9 Å². The lowest BCUT2D eigenvalue weighted by atomic mass is 10.1. The van der Waals surface area contributed by atoms with E-state index in [9.17, 15) is 9.59 Å². The first kappa shape index (κ1) is 12.8. The van der Waals surface area contributed by atoms with Crippen molar-refractivity contribution in [2.24, 2.45) is 5.92 Å². The Morgan fingerprint density at radius 1 is 1.61 bits per heavy atom. The van der Waals surface area contributed by atoms with Crippen molar-refractivity contribution >= 4 is 5.91 Å². The zero-order valence-corrected chi connectivity index (χ0v) is 10.7. The van der Waals surface area contributed by atoms with Gasteiger partial charge in [0.25, 0.3) is 5.91 Å². The molecule has 1 saturated heterocycles. The quantitative estimate of drug-likeness (QED) is 0.862. The lowest BCUT2D eigenvalue weighted by Crippen LogP contribution is -2.32. The number of rotatable bonds is 3. The van der Waals surface area contributed by atoms with Crippen LogP contribution in [-0.4, -0.2) is 42.6 Å². The second-order valence-electron chi connectivity index (χ2n) is 4.76. The highest BCUT2D eigenvalue weighted by Crippen LogP contribution is 2.17. The number of hydrogen-bond acceptors (Lipinski definition) is 3. The number of aromatic amines is 1. The summed E-state index contributed by atoms with van der Waals surface area (Å²) in [6.45, 7) is 3.81. The molecule has 0 spiro atoms. The number of nitrogens with one attached hydrogen (secondary N) is 1. The largest absolute Gasteiger partial charge is 0.384 e. The second kappa shape index (κ2) is 5.35. The van der Waals surface area contributed by atoms with Gasteiger partial charge in [0.05, 0.1) is 6.61 Å². The Bertz CT molecular complexity index is 495. The third-order valence-corrected chi connectivity index (χ3v) is 3.26. The van der Waals surface area contributed by atoms with Crippen molar-refractivity contribution in [1.29, 1.82) is 0 Å². The number of aryl methyl sites for hydroxylation is 1.